The molecule has 1 aliphatic heterocycles. The molecule has 0 saturated carbocycles. The molecular weight excluding hydrogens is 224 g/mol. The number of morpholine rings is 1. The van der Waals surface area contributed by atoms with Crippen LogP contribution in [0.5, 0.6) is 0 Å². The van der Waals surface area contributed by atoms with Crippen LogP contribution in [0, 0.1) is 0 Å². The zero-order chi connectivity index (χ0) is 13.2. The average Bonchev–Trinajstić information content (AvgIpc) is 2.37. The molecule has 2 N–H and O–H groups in total. The van der Waals surface area contributed by atoms with Gasteiger partial charge in [0.2, 0.25) is 0 Å². The Bertz CT molecular complexity index is 386. The fourth-order valence-electron chi connectivity index (χ4n) is 2.47. The molecule has 0 spiro atoms. The number of hydrogen-bond acceptors (Lipinski definition) is 3. The Labute approximate surface area is 110 Å². The topological polar surface area (TPSA) is 38.5 Å². The quantitative estimate of drug-likeness (QED) is 0.894. The molecule has 0 unspecified atom stereocenters. The Hall–Kier alpha value is -1.06. The largest absolute Gasteiger partial charge is 0.377 e. The van der Waals surface area contributed by atoms with Crippen molar-refractivity contribution in [2.75, 3.05) is 24.7 Å². The highest BCUT2D eigenvalue weighted by molar-refractivity contribution is 5.50. The van der Waals surface area contributed by atoms with E-state index in [1.165, 1.54) is 11.3 Å². The van der Waals surface area contributed by atoms with E-state index >= 15 is 0 Å². The third kappa shape index (κ3) is 2.68. The second-order valence-electron chi connectivity index (χ2n) is 5.62. The summed E-state index contributed by atoms with van der Waals surface area (Å²) in [7, 11) is 0. The maximum Gasteiger partial charge on any atom is 0.0694 e. The van der Waals surface area contributed by atoms with Crippen LogP contribution < -0.4 is 10.6 Å². The molecule has 0 aliphatic carbocycles. The molecule has 3 heteroatoms. The van der Waals surface area contributed by atoms with Crippen LogP contribution in [0.15, 0.2) is 24.3 Å². The van der Waals surface area contributed by atoms with Gasteiger partial charge in [-0.1, -0.05) is 19.1 Å². The Morgan fingerprint density at radius 2 is 2.00 bits per heavy atom. The predicted molar refractivity (Wildman–Crippen MR) is 75.9 cm³/mol. The first kappa shape index (κ1) is 13.4. The lowest BCUT2D eigenvalue weighted by atomic mass is 10.00. The highest BCUT2D eigenvalue weighted by Crippen LogP contribution is 2.28. The molecule has 1 aliphatic rings. The highest BCUT2D eigenvalue weighted by Gasteiger charge is 2.30. The second-order valence-corrected chi connectivity index (χ2v) is 5.62. The third-order valence-corrected chi connectivity index (χ3v) is 3.72. The van der Waals surface area contributed by atoms with Crippen LogP contribution in [0.3, 0.4) is 0 Å². The first-order valence-electron chi connectivity index (χ1n) is 6.75. The molecule has 0 bridgehead atoms. The van der Waals surface area contributed by atoms with Crippen LogP contribution in [0.2, 0.25) is 0 Å². The maximum atomic E-state index is 6.04. The fraction of sp³-hybridized carbons (Fsp3) is 0.600. The molecule has 0 radical (unpaired) electrons. The number of ether oxygens (including phenoxy) is 1. The van der Waals surface area contributed by atoms with Crippen molar-refractivity contribution in [1.82, 2.24) is 0 Å². The van der Waals surface area contributed by atoms with Gasteiger partial charge in [-0.05, 0) is 38.0 Å². The first-order valence-corrected chi connectivity index (χ1v) is 6.75. The van der Waals surface area contributed by atoms with E-state index in [2.05, 4.69) is 49.9 Å². The van der Waals surface area contributed by atoms with Crippen LogP contribution in [-0.2, 0) is 4.74 Å². The first-order chi connectivity index (χ1) is 8.54. The second kappa shape index (κ2) is 5.29. The van der Waals surface area contributed by atoms with Gasteiger partial charge in [0.25, 0.3) is 0 Å². The van der Waals surface area contributed by atoms with Crippen LogP contribution in [-0.4, -0.2) is 25.3 Å². The van der Waals surface area contributed by atoms with Crippen molar-refractivity contribution in [1.29, 1.82) is 0 Å². The highest BCUT2D eigenvalue weighted by atomic mass is 16.5. The molecule has 3 nitrogen and oxygen atoms in total. The molecular formula is C15H24N2O. The normalized spacial score (nSPS) is 20.8. The Morgan fingerprint density at radius 1 is 1.33 bits per heavy atom. The van der Waals surface area contributed by atoms with Crippen molar-refractivity contribution < 1.29 is 4.74 Å². The van der Waals surface area contributed by atoms with Gasteiger partial charge in [-0.2, -0.15) is 0 Å². The monoisotopic (exact) mass is 248 g/mol. The van der Waals surface area contributed by atoms with Crippen molar-refractivity contribution in [3.8, 4) is 0 Å². The lowest BCUT2D eigenvalue weighted by Crippen LogP contribution is -2.53. The summed E-state index contributed by atoms with van der Waals surface area (Å²) >= 11 is 0. The molecule has 1 atom stereocenters. The Morgan fingerprint density at radius 3 is 2.56 bits per heavy atom. The van der Waals surface area contributed by atoms with Gasteiger partial charge < -0.3 is 15.4 Å². The summed E-state index contributed by atoms with van der Waals surface area (Å²) in [6.45, 7) is 9.09. The number of benzene rings is 1. The lowest BCUT2D eigenvalue weighted by Gasteiger charge is -2.43. The van der Waals surface area contributed by atoms with Crippen molar-refractivity contribution in [2.24, 2.45) is 5.73 Å². The summed E-state index contributed by atoms with van der Waals surface area (Å²) in [4.78, 5) is 2.41. The van der Waals surface area contributed by atoms with Gasteiger partial charge in [0.15, 0.2) is 0 Å². The van der Waals surface area contributed by atoms with Gasteiger partial charge >= 0.3 is 0 Å². The van der Waals surface area contributed by atoms with E-state index in [4.69, 9.17) is 10.5 Å². The van der Waals surface area contributed by atoms with Gasteiger partial charge in [-0.25, -0.2) is 0 Å². The summed E-state index contributed by atoms with van der Waals surface area (Å²) in [6, 6.07) is 8.80. The van der Waals surface area contributed by atoms with Crippen LogP contribution in [0.1, 0.15) is 38.8 Å². The van der Waals surface area contributed by atoms with Crippen LogP contribution in [0.4, 0.5) is 5.69 Å². The summed E-state index contributed by atoms with van der Waals surface area (Å²) in [6.07, 6.45) is 0.975. The number of nitrogens with two attached hydrogens (primary N) is 1. The summed E-state index contributed by atoms with van der Waals surface area (Å²) in [5, 5.41) is 0. The summed E-state index contributed by atoms with van der Waals surface area (Å²) in [5.74, 6) is 0. The van der Waals surface area contributed by atoms with Crippen LogP contribution in [0.25, 0.3) is 0 Å². The SMILES string of the molecule is CC[C@@H](N)c1ccc(N2CCOCC2(C)C)cc1. The van der Waals surface area contributed by atoms with E-state index in [1.807, 2.05) is 0 Å². The predicted octanol–water partition coefficient (Wildman–Crippen LogP) is 2.71. The minimum Gasteiger partial charge on any atom is -0.377 e. The summed E-state index contributed by atoms with van der Waals surface area (Å²) in [5.41, 5.74) is 8.58. The van der Waals surface area contributed by atoms with Crippen LogP contribution >= 0.6 is 0 Å². The standard InChI is InChI=1S/C15H24N2O/c1-4-14(16)12-5-7-13(8-6-12)17-9-10-18-11-15(17,2)3/h5-8,14H,4,9-11,16H2,1-3H3/t14-/m1/s1. The average molecular weight is 248 g/mol. The van der Waals surface area contributed by atoms with Gasteiger partial charge in [-0.3, -0.25) is 0 Å². The van der Waals surface area contributed by atoms with Gasteiger partial charge in [0.05, 0.1) is 18.8 Å². The number of hydrogen-bond donors (Lipinski definition) is 1. The molecule has 1 heterocycles. The summed E-state index contributed by atoms with van der Waals surface area (Å²) < 4.78 is 5.55. The van der Waals surface area contributed by atoms with Crippen molar-refractivity contribution in [3.63, 3.8) is 0 Å². The number of nitrogens with zero attached hydrogens (tertiary/aromatic N) is 1. The molecule has 1 fully saturated rings. The molecule has 0 aromatic heterocycles. The molecule has 18 heavy (non-hydrogen) atoms. The minimum atomic E-state index is 0.0621. The van der Waals surface area contributed by atoms with E-state index in [9.17, 15) is 0 Å². The van der Waals surface area contributed by atoms with Gasteiger partial charge in [0.1, 0.15) is 0 Å². The molecule has 1 aromatic carbocycles. The van der Waals surface area contributed by atoms with E-state index < -0.39 is 0 Å². The number of anilines is 1. The van der Waals surface area contributed by atoms with E-state index in [0.717, 1.165) is 26.2 Å². The van der Waals surface area contributed by atoms with E-state index in [1.54, 1.807) is 0 Å². The van der Waals surface area contributed by atoms with Crippen molar-refractivity contribution >= 4 is 5.69 Å². The molecule has 2 rings (SSSR count). The number of rotatable bonds is 3. The molecule has 100 valence electrons. The van der Waals surface area contributed by atoms with Crippen molar-refractivity contribution in [2.45, 2.75) is 38.8 Å². The minimum absolute atomic E-state index is 0.0621. The smallest absolute Gasteiger partial charge is 0.0694 e. The third-order valence-electron chi connectivity index (χ3n) is 3.72. The fourth-order valence-corrected chi connectivity index (χ4v) is 2.47. The zero-order valence-corrected chi connectivity index (χ0v) is 11.6. The Balaban J connectivity index is 2.18. The Kier molecular flexibility index (Phi) is 3.93. The maximum absolute atomic E-state index is 6.04. The lowest BCUT2D eigenvalue weighted by molar-refractivity contribution is 0.0644. The van der Waals surface area contributed by atoms with Crippen molar-refractivity contribution in [3.05, 3.63) is 29.8 Å². The molecule has 0 amide bonds. The molecule has 1 aromatic rings. The van der Waals surface area contributed by atoms with Gasteiger partial charge in [-0.15, -0.1) is 0 Å². The van der Waals surface area contributed by atoms with E-state index in [-0.39, 0.29) is 11.6 Å². The zero-order valence-electron chi connectivity index (χ0n) is 11.6. The van der Waals surface area contributed by atoms with E-state index in [0.29, 0.717) is 0 Å². The molecule has 1 saturated heterocycles. The van der Waals surface area contributed by atoms with Gasteiger partial charge in [0, 0.05) is 18.3 Å².